The van der Waals surface area contributed by atoms with Crippen molar-refractivity contribution in [3.05, 3.63) is 11.2 Å². The van der Waals surface area contributed by atoms with Crippen molar-refractivity contribution in [2.75, 3.05) is 0 Å². The number of rotatable bonds is 3. The van der Waals surface area contributed by atoms with Gasteiger partial charge in [0.1, 0.15) is 6.04 Å². The van der Waals surface area contributed by atoms with E-state index in [0.29, 0.717) is 5.01 Å². The monoisotopic (exact) mass is 231 g/mol. The summed E-state index contributed by atoms with van der Waals surface area (Å²) in [5.74, 6) is 0. The summed E-state index contributed by atoms with van der Waals surface area (Å²) in [6, 6.07) is 1.06. The van der Waals surface area contributed by atoms with Crippen molar-refractivity contribution in [1.29, 1.82) is 5.26 Å². The minimum absolute atomic E-state index is 0.136. The topological polar surface area (TPSA) is 82.8 Å². The van der Waals surface area contributed by atoms with Crippen LogP contribution in [0.5, 0.6) is 0 Å². The third-order valence-electron chi connectivity index (χ3n) is 1.39. The van der Waals surface area contributed by atoms with Crippen LogP contribution in [0.25, 0.3) is 0 Å². The highest BCUT2D eigenvalue weighted by atomic mass is 32.2. The minimum atomic E-state index is -3.57. The number of nitrogens with zero attached hydrogens (tertiary/aromatic N) is 2. The molecular weight excluding hydrogens is 222 g/mol. The standard InChI is InChI=1S/C7H9N3O2S2/c1-5(3-8)10-14(11,12)7-4-9-6(2)13-7/h4-5,10H,1-2H3. The molecule has 0 saturated carbocycles. The zero-order valence-electron chi connectivity index (χ0n) is 7.68. The highest BCUT2D eigenvalue weighted by molar-refractivity contribution is 7.91. The van der Waals surface area contributed by atoms with Gasteiger partial charge in [0.25, 0.3) is 10.0 Å². The predicted octanol–water partition coefficient (Wildman–Crippen LogP) is 0.642. The molecule has 76 valence electrons. The van der Waals surface area contributed by atoms with E-state index >= 15 is 0 Å². The molecule has 0 radical (unpaired) electrons. The lowest BCUT2D eigenvalue weighted by atomic mass is 10.4. The van der Waals surface area contributed by atoms with Crippen LogP contribution in [-0.2, 0) is 10.0 Å². The Hall–Kier alpha value is -0.970. The van der Waals surface area contributed by atoms with Crippen molar-refractivity contribution in [1.82, 2.24) is 9.71 Å². The van der Waals surface area contributed by atoms with Gasteiger partial charge in [-0.05, 0) is 13.8 Å². The molecule has 1 N–H and O–H groups in total. The molecule has 14 heavy (non-hydrogen) atoms. The van der Waals surface area contributed by atoms with E-state index in [1.807, 2.05) is 0 Å². The van der Waals surface area contributed by atoms with Crippen molar-refractivity contribution >= 4 is 21.4 Å². The quantitative estimate of drug-likeness (QED) is 0.827. The minimum Gasteiger partial charge on any atom is -0.249 e. The summed E-state index contributed by atoms with van der Waals surface area (Å²) < 4.78 is 25.4. The van der Waals surface area contributed by atoms with Crippen molar-refractivity contribution in [2.24, 2.45) is 0 Å². The van der Waals surface area contributed by atoms with E-state index in [4.69, 9.17) is 5.26 Å². The maximum atomic E-state index is 11.5. The van der Waals surface area contributed by atoms with Crippen molar-refractivity contribution in [3.63, 3.8) is 0 Å². The molecule has 1 aromatic rings. The van der Waals surface area contributed by atoms with Gasteiger partial charge >= 0.3 is 0 Å². The van der Waals surface area contributed by atoms with Crippen LogP contribution in [0, 0.1) is 18.3 Å². The Bertz CT molecular complexity index is 458. The van der Waals surface area contributed by atoms with Gasteiger partial charge in [-0.3, -0.25) is 0 Å². The lowest BCUT2D eigenvalue weighted by Crippen LogP contribution is -2.30. The first-order valence-corrected chi connectivity index (χ1v) is 6.10. The largest absolute Gasteiger partial charge is 0.252 e. The Kier molecular flexibility index (Phi) is 3.21. The van der Waals surface area contributed by atoms with E-state index in [-0.39, 0.29) is 4.21 Å². The highest BCUT2D eigenvalue weighted by Gasteiger charge is 2.19. The number of thiazole rings is 1. The van der Waals surface area contributed by atoms with E-state index in [1.165, 1.54) is 13.1 Å². The SMILES string of the molecule is Cc1ncc(S(=O)(=O)NC(C)C#N)s1. The number of aromatic nitrogens is 1. The summed E-state index contributed by atoms with van der Waals surface area (Å²) in [5.41, 5.74) is 0. The Morgan fingerprint density at radius 2 is 2.36 bits per heavy atom. The molecule has 0 saturated heterocycles. The number of hydrogen-bond acceptors (Lipinski definition) is 5. The molecule has 1 unspecified atom stereocenters. The fourth-order valence-corrected chi connectivity index (χ4v) is 3.06. The number of hydrogen-bond donors (Lipinski definition) is 1. The molecule has 0 spiro atoms. The van der Waals surface area contributed by atoms with Crippen LogP contribution < -0.4 is 4.72 Å². The Morgan fingerprint density at radius 1 is 1.71 bits per heavy atom. The van der Waals surface area contributed by atoms with Crippen molar-refractivity contribution in [2.45, 2.75) is 24.1 Å². The fraction of sp³-hybridized carbons (Fsp3) is 0.429. The number of nitriles is 1. The van der Waals surface area contributed by atoms with E-state index in [2.05, 4.69) is 9.71 Å². The molecule has 0 aromatic carbocycles. The number of aryl methyl sites for hydroxylation is 1. The summed E-state index contributed by atoms with van der Waals surface area (Å²) in [6.07, 6.45) is 1.28. The molecule has 0 aliphatic carbocycles. The van der Waals surface area contributed by atoms with E-state index in [9.17, 15) is 8.42 Å². The fourth-order valence-electron chi connectivity index (χ4n) is 0.783. The summed E-state index contributed by atoms with van der Waals surface area (Å²) in [6.45, 7) is 3.20. The predicted molar refractivity (Wildman–Crippen MR) is 52.2 cm³/mol. The zero-order valence-corrected chi connectivity index (χ0v) is 9.32. The normalized spacial score (nSPS) is 13.5. The van der Waals surface area contributed by atoms with Crippen LogP contribution in [0.15, 0.2) is 10.4 Å². The summed E-state index contributed by atoms with van der Waals surface area (Å²) in [4.78, 5) is 3.83. The van der Waals surface area contributed by atoms with E-state index in [0.717, 1.165) is 11.3 Å². The summed E-state index contributed by atoms with van der Waals surface area (Å²) >= 11 is 1.08. The lowest BCUT2D eigenvalue weighted by Gasteiger charge is -2.04. The van der Waals surface area contributed by atoms with Gasteiger partial charge in [0.2, 0.25) is 0 Å². The van der Waals surface area contributed by atoms with Gasteiger partial charge in [-0.15, -0.1) is 11.3 Å². The molecule has 0 aliphatic heterocycles. The lowest BCUT2D eigenvalue weighted by molar-refractivity contribution is 0.579. The van der Waals surface area contributed by atoms with Crippen molar-refractivity contribution in [3.8, 4) is 6.07 Å². The second kappa shape index (κ2) is 4.04. The smallest absolute Gasteiger partial charge is 0.249 e. The molecule has 0 bridgehead atoms. The van der Waals surface area contributed by atoms with Gasteiger partial charge in [0.15, 0.2) is 4.21 Å². The average molecular weight is 231 g/mol. The van der Waals surface area contributed by atoms with E-state index in [1.54, 1.807) is 13.0 Å². The summed E-state index contributed by atoms with van der Waals surface area (Å²) in [7, 11) is -3.57. The Morgan fingerprint density at radius 3 is 2.79 bits per heavy atom. The first kappa shape index (κ1) is 11.1. The van der Waals surface area contributed by atoms with Gasteiger partial charge in [0.05, 0.1) is 17.3 Å². The van der Waals surface area contributed by atoms with Gasteiger partial charge in [-0.1, -0.05) is 0 Å². The van der Waals surface area contributed by atoms with Crippen LogP contribution in [0.3, 0.4) is 0 Å². The average Bonchev–Trinajstić information content (AvgIpc) is 2.51. The van der Waals surface area contributed by atoms with Gasteiger partial charge in [-0.25, -0.2) is 13.4 Å². The highest BCUT2D eigenvalue weighted by Crippen LogP contribution is 2.17. The molecule has 7 heteroatoms. The first-order valence-electron chi connectivity index (χ1n) is 3.80. The van der Waals surface area contributed by atoms with Crippen LogP contribution in [0.1, 0.15) is 11.9 Å². The third-order valence-corrected chi connectivity index (χ3v) is 4.31. The molecule has 0 fully saturated rings. The van der Waals surface area contributed by atoms with E-state index < -0.39 is 16.1 Å². The molecular formula is C7H9N3O2S2. The molecule has 1 rings (SSSR count). The van der Waals surface area contributed by atoms with Gasteiger partial charge in [0, 0.05) is 0 Å². The third kappa shape index (κ3) is 2.51. The molecule has 5 nitrogen and oxygen atoms in total. The number of sulfonamides is 1. The zero-order chi connectivity index (χ0) is 10.8. The molecule has 1 heterocycles. The van der Waals surface area contributed by atoms with Crippen LogP contribution in [0.2, 0.25) is 0 Å². The van der Waals surface area contributed by atoms with Crippen LogP contribution >= 0.6 is 11.3 Å². The summed E-state index contributed by atoms with van der Waals surface area (Å²) in [5, 5.41) is 9.14. The van der Waals surface area contributed by atoms with Crippen LogP contribution in [-0.4, -0.2) is 19.4 Å². The Balaban J connectivity index is 2.93. The van der Waals surface area contributed by atoms with Crippen molar-refractivity contribution < 1.29 is 8.42 Å². The molecule has 0 amide bonds. The maximum Gasteiger partial charge on any atom is 0.252 e. The molecule has 1 aromatic heterocycles. The molecule has 1 atom stereocenters. The number of nitrogens with one attached hydrogen (secondary N) is 1. The van der Waals surface area contributed by atoms with Gasteiger partial charge in [-0.2, -0.15) is 9.98 Å². The first-order chi connectivity index (χ1) is 6.45. The maximum absolute atomic E-state index is 11.5. The second-order valence-electron chi connectivity index (χ2n) is 2.67. The Labute approximate surface area is 86.5 Å². The van der Waals surface area contributed by atoms with Crippen LogP contribution in [0.4, 0.5) is 0 Å². The second-order valence-corrected chi connectivity index (χ2v) is 5.85. The van der Waals surface area contributed by atoms with Gasteiger partial charge < -0.3 is 0 Å². The molecule has 0 aliphatic rings.